The minimum Gasteiger partial charge on any atom is -0.357 e. The van der Waals surface area contributed by atoms with Crippen molar-refractivity contribution in [3.63, 3.8) is 0 Å². The molecule has 0 unspecified atom stereocenters. The summed E-state index contributed by atoms with van der Waals surface area (Å²) in [5.74, 6) is -2.92. The van der Waals surface area contributed by atoms with E-state index in [1.165, 1.54) is 6.07 Å². The van der Waals surface area contributed by atoms with Gasteiger partial charge in [-0.15, -0.1) is 0 Å². The lowest BCUT2D eigenvalue weighted by atomic mass is 9.84. The molecule has 6 nitrogen and oxygen atoms in total. The summed E-state index contributed by atoms with van der Waals surface area (Å²) in [6.07, 6.45) is 3.70. The molecule has 0 radical (unpaired) electrons. The quantitative estimate of drug-likeness (QED) is 0.428. The highest BCUT2D eigenvalue weighted by Crippen LogP contribution is 2.53. The number of nitrogens with one attached hydrogen (secondary N) is 1. The highest BCUT2D eigenvalue weighted by atomic mass is 35.5. The molecule has 3 aliphatic heterocycles. The Bertz CT molecular complexity index is 1460. The van der Waals surface area contributed by atoms with E-state index in [4.69, 9.17) is 34.8 Å². The van der Waals surface area contributed by atoms with Crippen molar-refractivity contribution in [3.05, 3.63) is 99.1 Å². The average molecular weight is 539 g/mol. The third kappa shape index (κ3) is 3.52. The lowest BCUT2D eigenvalue weighted by Crippen LogP contribution is -2.46. The highest BCUT2D eigenvalue weighted by molar-refractivity contribution is 6.38. The van der Waals surface area contributed by atoms with Gasteiger partial charge in [0.05, 0.1) is 28.6 Å². The maximum atomic E-state index is 13.9. The number of benzene rings is 3. The standard InChI is InChI=1S/C27H18Cl3N3O3/c28-15-5-8-17(9-6-15)31-25(34)24-22-21(23-18-4-2-1-3-14(18)11-12-32(23)24)26(35)33(27(22)36)20-10-7-16(29)13-19(20)30/h1-13,21-24H,(H,31,34)/t21-,22+,23+,24-/m0/s1. The molecule has 6 rings (SSSR count). The van der Waals surface area contributed by atoms with Gasteiger partial charge in [-0.05, 0) is 59.7 Å². The molecule has 0 aliphatic carbocycles. The van der Waals surface area contributed by atoms with E-state index < -0.39 is 35.7 Å². The van der Waals surface area contributed by atoms with Crippen molar-refractivity contribution in [2.75, 3.05) is 10.2 Å². The minimum absolute atomic E-state index is 0.187. The van der Waals surface area contributed by atoms with E-state index in [0.29, 0.717) is 15.7 Å². The monoisotopic (exact) mass is 537 g/mol. The third-order valence-corrected chi connectivity index (χ3v) is 7.78. The van der Waals surface area contributed by atoms with Crippen LogP contribution >= 0.6 is 34.8 Å². The molecule has 180 valence electrons. The molecule has 3 aromatic rings. The van der Waals surface area contributed by atoms with E-state index in [0.717, 1.165) is 16.0 Å². The number of rotatable bonds is 3. The van der Waals surface area contributed by atoms with Gasteiger partial charge in [-0.1, -0.05) is 59.1 Å². The summed E-state index contributed by atoms with van der Waals surface area (Å²) in [5.41, 5.74) is 2.63. The Morgan fingerprint density at radius 1 is 0.833 bits per heavy atom. The topological polar surface area (TPSA) is 69.7 Å². The molecule has 0 spiro atoms. The van der Waals surface area contributed by atoms with Crippen LogP contribution in [0.3, 0.4) is 0 Å². The molecular formula is C27H18Cl3N3O3. The van der Waals surface area contributed by atoms with Gasteiger partial charge in [0.1, 0.15) is 6.04 Å². The predicted molar refractivity (Wildman–Crippen MR) is 140 cm³/mol. The Labute approximate surface area is 222 Å². The maximum absolute atomic E-state index is 13.9. The number of hydrogen-bond acceptors (Lipinski definition) is 4. The number of imide groups is 1. The van der Waals surface area contributed by atoms with Crippen molar-refractivity contribution < 1.29 is 14.4 Å². The van der Waals surface area contributed by atoms with Crippen LogP contribution in [0.4, 0.5) is 11.4 Å². The molecule has 9 heteroatoms. The number of carbonyl (C=O) groups excluding carboxylic acids is 3. The Morgan fingerprint density at radius 3 is 2.28 bits per heavy atom. The number of fused-ring (bicyclic) bond motifs is 5. The first kappa shape index (κ1) is 23.1. The smallest absolute Gasteiger partial charge is 0.247 e. The molecular weight excluding hydrogens is 521 g/mol. The largest absolute Gasteiger partial charge is 0.357 e. The molecule has 0 bridgehead atoms. The van der Waals surface area contributed by atoms with Crippen LogP contribution in [0, 0.1) is 11.8 Å². The van der Waals surface area contributed by atoms with Gasteiger partial charge in [0.25, 0.3) is 0 Å². The summed E-state index contributed by atoms with van der Waals surface area (Å²) in [5, 5.41) is 4.01. The number of hydrogen-bond donors (Lipinski definition) is 1. The number of nitrogens with zero attached hydrogens (tertiary/aromatic N) is 2. The molecule has 0 saturated carbocycles. The second-order valence-electron chi connectivity index (χ2n) is 8.94. The molecule has 3 amide bonds. The van der Waals surface area contributed by atoms with E-state index in [2.05, 4.69) is 5.32 Å². The summed E-state index contributed by atoms with van der Waals surface area (Å²) < 4.78 is 0. The Balaban J connectivity index is 1.45. The SMILES string of the molecule is O=C(Nc1ccc(Cl)cc1)[C@@H]1[C@@H]2C(=O)N(c3ccc(Cl)cc3Cl)C(=O)[C@@H]2[C@H]2c3ccccc3C=CN12. The van der Waals surface area contributed by atoms with Crippen LogP contribution < -0.4 is 10.2 Å². The zero-order chi connectivity index (χ0) is 25.1. The summed E-state index contributed by atoms with van der Waals surface area (Å²) in [7, 11) is 0. The molecule has 2 fully saturated rings. The summed E-state index contributed by atoms with van der Waals surface area (Å²) in [6, 6.07) is 17.6. The second-order valence-corrected chi connectivity index (χ2v) is 10.2. The number of amides is 3. The average Bonchev–Trinajstić information content (AvgIpc) is 3.34. The molecule has 36 heavy (non-hydrogen) atoms. The fourth-order valence-corrected chi connectivity index (χ4v) is 6.13. The van der Waals surface area contributed by atoms with Gasteiger partial charge >= 0.3 is 0 Å². The highest BCUT2D eigenvalue weighted by Gasteiger charge is 2.64. The van der Waals surface area contributed by atoms with Gasteiger partial charge in [0, 0.05) is 21.9 Å². The lowest BCUT2D eigenvalue weighted by Gasteiger charge is -2.35. The van der Waals surface area contributed by atoms with Crippen molar-refractivity contribution in [1.29, 1.82) is 0 Å². The normalized spacial score (nSPS) is 24.0. The molecule has 1 N–H and O–H groups in total. The molecule has 0 aromatic heterocycles. The first-order valence-corrected chi connectivity index (χ1v) is 12.4. The first-order chi connectivity index (χ1) is 17.3. The van der Waals surface area contributed by atoms with Crippen LogP contribution in [0.25, 0.3) is 6.08 Å². The van der Waals surface area contributed by atoms with Gasteiger partial charge in [-0.2, -0.15) is 0 Å². The van der Waals surface area contributed by atoms with Crippen LogP contribution in [0.2, 0.25) is 15.1 Å². The Hall–Kier alpha value is -3.32. The van der Waals surface area contributed by atoms with Crippen LogP contribution in [0.15, 0.2) is 72.9 Å². The van der Waals surface area contributed by atoms with E-state index in [1.807, 2.05) is 35.2 Å². The first-order valence-electron chi connectivity index (χ1n) is 11.3. The van der Waals surface area contributed by atoms with E-state index in [9.17, 15) is 14.4 Å². The predicted octanol–water partition coefficient (Wildman–Crippen LogP) is 5.80. The van der Waals surface area contributed by atoms with Crippen molar-refractivity contribution in [3.8, 4) is 0 Å². The molecule has 3 heterocycles. The van der Waals surface area contributed by atoms with Crippen LogP contribution in [0.1, 0.15) is 17.2 Å². The second kappa shape index (κ2) is 8.66. The maximum Gasteiger partial charge on any atom is 0.247 e. The molecule has 3 aromatic carbocycles. The Kier molecular flexibility index (Phi) is 5.56. The van der Waals surface area contributed by atoms with Crippen LogP contribution in [0.5, 0.6) is 0 Å². The summed E-state index contributed by atoms with van der Waals surface area (Å²) >= 11 is 18.4. The van der Waals surface area contributed by atoms with E-state index in [1.54, 1.807) is 42.6 Å². The van der Waals surface area contributed by atoms with E-state index in [-0.39, 0.29) is 16.6 Å². The van der Waals surface area contributed by atoms with Gasteiger partial charge in [0.15, 0.2) is 0 Å². The van der Waals surface area contributed by atoms with Gasteiger partial charge in [-0.25, -0.2) is 4.90 Å². The Morgan fingerprint density at radius 2 is 1.53 bits per heavy atom. The van der Waals surface area contributed by atoms with Crippen molar-refractivity contribution in [2.24, 2.45) is 11.8 Å². The minimum atomic E-state index is -0.909. The van der Waals surface area contributed by atoms with Crippen molar-refractivity contribution in [1.82, 2.24) is 4.90 Å². The molecule has 2 saturated heterocycles. The van der Waals surface area contributed by atoms with E-state index >= 15 is 0 Å². The zero-order valence-corrected chi connectivity index (χ0v) is 20.8. The number of anilines is 2. The van der Waals surface area contributed by atoms with Crippen LogP contribution in [-0.2, 0) is 14.4 Å². The summed E-state index contributed by atoms with van der Waals surface area (Å²) in [6.45, 7) is 0. The van der Waals surface area contributed by atoms with Crippen molar-refractivity contribution >= 4 is 70.0 Å². The summed E-state index contributed by atoms with van der Waals surface area (Å²) in [4.78, 5) is 44.4. The lowest BCUT2D eigenvalue weighted by molar-refractivity contribution is -0.128. The zero-order valence-electron chi connectivity index (χ0n) is 18.6. The van der Waals surface area contributed by atoms with Crippen LogP contribution in [-0.4, -0.2) is 28.7 Å². The number of halogens is 3. The van der Waals surface area contributed by atoms with Gasteiger partial charge in [0.2, 0.25) is 17.7 Å². The third-order valence-electron chi connectivity index (χ3n) is 6.99. The van der Waals surface area contributed by atoms with Gasteiger partial charge < -0.3 is 10.2 Å². The fourth-order valence-electron chi connectivity index (χ4n) is 5.51. The number of carbonyl (C=O) groups is 3. The fraction of sp³-hybridized carbons (Fsp3) is 0.148. The van der Waals surface area contributed by atoms with Gasteiger partial charge in [-0.3, -0.25) is 14.4 Å². The molecule has 3 aliphatic rings. The van der Waals surface area contributed by atoms with Crippen molar-refractivity contribution in [2.45, 2.75) is 12.1 Å². The molecule has 4 atom stereocenters.